The molecule has 128 valence electrons. The molecule has 1 amide bonds. The largest absolute Gasteiger partial charge is 0.459 e. The molecule has 0 bridgehead atoms. The van der Waals surface area contributed by atoms with Gasteiger partial charge in [-0.3, -0.25) is 4.79 Å². The van der Waals surface area contributed by atoms with Gasteiger partial charge < -0.3 is 15.0 Å². The highest BCUT2D eigenvalue weighted by atomic mass is 16.5. The van der Waals surface area contributed by atoms with Gasteiger partial charge in [-0.1, -0.05) is 25.7 Å². The summed E-state index contributed by atoms with van der Waals surface area (Å²) in [4.78, 5) is 27.8. The van der Waals surface area contributed by atoms with E-state index >= 15 is 0 Å². The maximum Gasteiger partial charge on any atom is 0.340 e. The van der Waals surface area contributed by atoms with E-state index in [-0.39, 0.29) is 24.0 Å². The monoisotopic (exact) mass is 320 g/mol. The van der Waals surface area contributed by atoms with Crippen LogP contribution < -0.4 is 5.32 Å². The summed E-state index contributed by atoms with van der Waals surface area (Å²) >= 11 is 0. The maximum absolute atomic E-state index is 12.6. The molecule has 1 aliphatic rings. The molecule has 23 heavy (non-hydrogen) atoms. The molecule has 1 aromatic rings. The summed E-state index contributed by atoms with van der Waals surface area (Å²) in [6, 6.07) is 0.235. The summed E-state index contributed by atoms with van der Waals surface area (Å²) in [7, 11) is 0. The fourth-order valence-corrected chi connectivity index (χ4v) is 3.24. The molecular weight excluding hydrogens is 292 g/mol. The molecule has 2 rings (SSSR count). The van der Waals surface area contributed by atoms with Crippen LogP contribution in [0.15, 0.2) is 0 Å². The first kappa shape index (κ1) is 17.6. The second-order valence-corrected chi connectivity index (χ2v) is 6.74. The van der Waals surface area contributed by atoms with Crippen LogP contribution >= 0.6 is 0 Å². The van der Waals surface area contributed by atoms with Crippen LogP contribution in [0.2, 0.25) is 0 Å². The number of carbonyl (C=O) groups excluding carboxylic acids is 2. The van der Waals surface area contributed by atoms with E-state index in [0.717, 1.165) is 12.8 Å². The van der Waals surface area contributed by atoms with E-state index in [4.69, 9.17) is 4.74 Å². The van der Waals surface area contributed by atoms with Gasteiger partial charge >= 0.3 is 5.97 Å². The summed E-state index contributed by atoms with van der Waals surface area (Å²) < 4.78 is 5.27. The van der Waals surface area contributed by atoms with Crippen LogP contribution in [0.4, 0.5) is 0 Å². The van der Waals surface area contributed by atoms with Crippen molar-refractivity contribution in [2.24, 2.45) is 0 Å². The molecular formula is C18H28N2O3. The summed E-state index contributed by atoms with van der Waals surface area (Å²) in [5.74, 6) is -0.499. The highest BCUT2D eigenvalue weighted by Crippen LogP contribution is 2.21. The Labute approximate surface area is 138 Å². The Morgan fingerprint density at radius 1 is 1.13 bits per heavy atom. The lowest BCUT2D eigenvalue weighted by molar-refractivity contribution is 0.0376. The van der Waals surface area contributed by atoms with Crippen molar-refractivity contribution < 1.29 is 14.3 Å². The first-order chi connectivity index (χ1) is 10.9. The molecule has 5 heteroatoms. The predicted molar refractivity (Wildman–Crippen MR) is 89.8 cm³/mol. The average molecular weight is 320 g/mol. The topological polar surface area (TPSA) is 71.2 Å². The Bertz CT molecular complexity index is 567. The summed E-state index contributed by atoms with van der Waals surface area (Å²) in [6.45, 7) is 7.22. The third kappa shape index (κ3) is 4.36. The smallest absolute Gasteiger partial charge is 0.340 e. The van der Waals surface area contributed by atoms with Crippen LogP contribution in [-0.2, 0) is 4.74 Å². The van der Waals surface area contributed by atoms with Gasteiger partial charge in [0.2, 0.25) is 0 Å². The normalized spacial score (nSPS) is 16.2. The zero-order valence-electron chi connectivity index (χ0n) is 14.6. The van der Waals surface area contributed by atoms with Gasteiger partial charge in [0, 0.05) is 11.7 Å². The van der Waals surface area contributed by atoms with Crippen molar-refractivity contribution in [3.8, 4) is 0 Å². The van der Waals surface area contributed by atoms with Gasteiger partial charge in [0.15, 0.2) is 0 Å². The van der Waals surface area contributed by atoms with Crippen molar-refractivity contribution in [3.63, 3.8) is 0 Å². The summed E-state index contributed by atoms with van der Waals surface area (Å²) in [5.41, 5.74) is 2.30. The minimum absolute atomic E-state index is 0.124. The molecule has 0 saturated heterocycles. The van der Waals surface area contributed by atoms with Crippen molar-refractivity contribution in [2.75, 3.05) is 0 Å². The Morgan fingerprint density at radius 3 is 2.30 bits per heavy atom. The molecule has 0 aliphatic heterocycles. The van der Waals surface area contributed by atoms with E-state index in [1.165, 1.54) is 25.7 Å². The number of amides is 1. The number of ether oxygens (including phenoxy) is 1. The first-order valence-corrected chi connectivity index (χ1v) is 8.61. The van der Waals surface area contributed by atoms with Crippen molar-refractivity contribution in [2.45, 2.75) is 78.4 Å². The third-order valence-corrected chi connectivity index (χ3v) is 4.40. The van der Waals surface area contributed by atoms with E-state index in [9.17, 15) is 9.59 Å². The number of aromatic nitrogens is 1. The number of esters is 1. The number of nitrogens with one attached hydrogen (secondary N) is 2. The zero-order valence-corrected chi connectivity index (χ0v) is 14.6. The first-order valence-electron chi connectivity index (χ1n) is 8.61. The molecule has 1 fully saturated rings. The van der Waals surface area contributed by atoms with Crippen LogP contribution in [0.5, 0.6) is 0 Å². The second kappa shape index (κ2) is 7.66. The molecule has 0 unspecified atom stereocenters. The number of aryl methyl sites for hydroxylation is 1. The zero-order chi connectivity index (χ0) is 17.0. The predicted octanol–water partition coefficient (Wildman–Crippen LogP) is 3.65. The van der Waals surface area contributed by atoms with Gasteiger partial charge in [-0.25, -0.2) is 4.79 Å². The van der Waals surface area contributed by atoms with Crippen molar-refractivity contribution in [1.82, 2.24) is 10.3 Å². The Morgan fingerprint density at radius 2 is 1.74 bits per heavy atom. The SMILES string of the molecule is Cc1[nH]c(C(=O)NC2CCCCCC2)c(C)c1C(=O)OC(C)C. The van der Waals surface area contributed by atoms with Gasteiger partial charge in [0.25, 0.3) is 5.91 Å². The van der Waals surface area contributed by atoms with Gasteiger partial charge in [0.1, 0.15) is 5.69 Å². The van der Waals surface area contributed by atoms with Gasteiger partial charge in [-0.2, -0.15) is 0 Å². The van der Waals surface area contributed by atoms with Crippen molar-refractivity contribution in [3.05, 3.63) is 22.5 Å². The van der Waals surface area contributed by atoms with Crippen LogP contribution in [0.25, 0.3) is 0 Å². The highest BCUT2D eigenvalue weighted by molar-refractivity contribution is 6.00. The quantitative estimate of drug-likeness (QED) is 0.657. The van der Waals surface area contributed by atoms with Crippen LogP contribution in [0, 0.1) is 13.8 Å². The molecule has 1 heterocycles. The van der Waals surface area contributed by atoms with E-state index in [1.807, 2.05) is 13.8 Å². The minimum atomic E-state index is -0.375. The Hall–Kier alpha value is -1.78. The third-order valence-electron chi connectivity index (χ3n) is 4.40. The molecule has 0 aromatic carbocycles. The Balaban J connectivity index is 2.13. The fourth-order valence-electron chi connectivity index (χ4n) is 3.24. The van der Waals surface area contributed by atoms with Gasteiger partial charge in [0.05, 0.1) is 11.7 Å². The van der Waals surface area contributed by atoms with Crippen LogP contribution in [0.3, 0.4) is 0 Å². The molecule has 0 radical (unpaired) electrons. The average Bonchev–Trinajstić information content (AvgIpc) is 2.64. The number of carbonyl (C=O) groups is 2. The summed E-state index contributed by atoms with van der Waals surface area (Å²) in [6.07, 6.45) is 6.72. The lowest BCUT2D eigenvalue weighted by Crippen LogP contribution is -2.35. The minimum Gasteiger partial charge on any atom is -0.459 e. The molecule has 1 aromatic heterocycles. The molecule has 0 spiro atoms. The standard InChI is InChI=1S/C18H28N2O3/c1-11(2)23-18(22)15-12(3)16(19-13(15)4)17(21)20-14-9-7-5-6-8-10-14/h11,14,19H,5-10H2,1-4H3,(H,20,21). The van der Waals surface area contributed by atoms with Crippen LogP contribution in [-0.4, -0.2) is 29.0 Å². The lowest BCUT2D eigenvalue weighted by Gasteiger charge is -2.16. The lowest BCUT2D eigenvalue weighted by atomic mass is 10.1. The Kier molecular flexibility index (Phi) is 5.85. The van der Waals surface area contributed by atoms with E-state index < -0.39 is 0 Å². The molecule has 1 saturated carbocycles. The number of aromatic amines is 1. The van der Waals surface area contributed by atoms with Crippen molar-refractivity contribution >= 4 is 11.9 Å². The van der Waals surface area contributed by atoms with Crippen molar-refractivity contribution in [1.29, 1.82) is 0 Å². The van der Waals surface area contributed by atoms with E-state index in [1.54, 1.807) is 13.8 Å². The molecule has 5 nitrogen and oxygen atoms in total. The van der Waals surface area contributed by atoms with Crippen LogP contribution in [0.1, 0.15) is 84.5 Å². The summed E-state index contributed by atoms with van der Waals surface area (Å²) in [5, 5.41) is 3.11. The second-order valence-electron chi connectivity index (χ2n) is 6.74. The van der Waals surface area contributed by atoms with E-state index in [2.05, 4.69) is 10.3 Å². The molecule has 0 atom stereocenters. The maximum atomic E-state index is 12.6. The highest BCUT2D eigenvalue weighted by Gasteiger charge is 2.25. The fraction of sp³-hybridized carbons (Fsp3) is 0.667. The number of rotatable bonds is 4. The molecule has 2 N–H and O–H groups in total. The van der Waals surface area contributed by atoms with Gasteiger partial charge in [-0.15, -0.1) is 0 Å². The molecule has 1 aliphatic carbocycles. The van der Waals surface area contributed by atoms with E-state index in [0.29, 0.717) is 22.5 Å². The van der Waals surface area contributed by atoms with Gasteiger partial charge in [-0.05, 0) is 46.1 Å². The number of hydrogen-bond acceptors (Lipinski definition) is 3. The number of hydrogen-bond donors (Lipinski definition) is 2. The number of H-pyrrole nitrogens is 1.